The number of rotatable bonds is 12. The third-order valence-corrected chi connectivity index (χ3v) is 6.89. The number of thiophene rings is 1. The van der Waals surface area contributed by atoms with E-state index >= 15 is 0 Å². The van der Waals surface area contributed by atoms with Gasteiger partial charge in [-0.05, 0) is 62.2 Å². The quantitative estimate of drug-likeness (QED) is 0.148. The summed E-state index contributed by atoms with van der Waals surface area (Å²) in [4.78, 5) is 50.8. The highest BCUT2D eigenvalue weighted by Gasteiger charge is 2.33. The standard InChI is InChI=1S/C24H27N3O7S/c25-22(26)14-3-6-16(7-4-14)34-24(33)20-9-8-17(35-20)13-27-11-1-2-18(27)19(28)12-15(23(31)32)5-10-21(29)30/h3-4,6-9,15,18H,1-2,5,10-13H2,(H3,25,26)(H,29,30)(H,31,32)/t15-,18-/m0/s1. The maximum Gasteiger partial charge on any atom is 0.353 e. The van der Waals surface area contributed by atoms with Crippen LogP contribution in [0.5, 0.6) is 5.75 Å². The number of carboxylic acids is 2. The van der Waals surface area contributed by atoms with Crippen LogP contribution in [0.4, 0.5) is 0 Å². The molecule has 1 saturated heterocycles. The molecular formula is C24H27N3O7S. The second kappa shape index (κ2) is 11.7. The molecule has 2 aromatic rings. The Morgan fingerprint density at radius 3 is 2.49 bits per heavy atom. The number of nitrogens with zero attached hydrogens (tertiary/aromatic N) is 1. The lowest BCUT2D eigenvalue weighted by Crippen LogP contribution is -2.37. The zero-order valence-electron chi connectivity index (χ0n) is 18.9. The molecule has 1 aromatic carbocycles. The van der Waals surface area contributed by atoms with Gasteiger partial charge in [0.25, 0.3) is 0 Å². The van der Waals surface area contributed by atoms with E-state index in [0.29, 0.717) is 35.7 Å². The molecule has 0 amide bonds. The van der Waals surface area contributed by atoms with Crippen molar-refractivity contribution in [1.29, 1.82) is 5.41 Å². The van der Waals surface area contributed by atoms with Gasteiger partial charge in [-0.3, -0.25) is 24.7 Å². The minimum atomic E-state index is -1.17. The Morgan fingerprint density at radius 2 is 1.86 bits per heavy atom. The van der Waals surface area contributed by atoms with Crippen LogP contribution in [0.15, 0.2) is 36.4 Å². The van der Waals surface area contributed by atoms with E-state index in [-0.39, 0.29) is 30.9 Å². The first-order valence-corrected chi connectivity index (χ1v) is 11.9. The molecule has 0 bridgehead atoms. The van der Waals surface area contributed by atoms with Crippen molar-refractivity contribution in [3.05, 3.63) is 51.7 Å². The first-order valence-electron chi connectivity index (χ1n) is 11.1. The second-order valence-corrected chi connectivity index (χ2v) is 9.53. The number of aliphatic carboxylic acids is 2. The van der Waals surface area contributed by atoms with E-state index in [9.17, 15) is 24.3 Å². The van der Waals surface area contributed by atoms with Crippen molar-refractivity contribution in [2.45, 2.75) is 44.7 Å². The van der Waals surface area contributed by atoms with E-state index in [1.54, 1.807) is 36.4 Å². The Hall–Kier alpha value is -3.57. The molecule has 1 aliphatic rings. The van der Waals surface area contributed by atoms with Gasteiger partial charge in [0.2, 0.25) is 0 Å². The summed E-state index contributed by atoms with van der Waals surface area (Å²) in [7, 11) is 0. The number of esters is 1. The van der Waals surface area contributed by atoms with E-state index in [1.807, 2.05) is 4.90 Å². The molecule has 10 nitrogen and oxygen atoms in total. The lowest BCUT2D eigenvalue weighted by Gasteiger charge is -2.24. The molecule has 11 heteroatoms. The number of carbonyl (C=O) groups is 4. The van der Waals surface area contributed by atoms with Crippen LogP contribution in [0.25, 0.3) is 0 Å². The fraction of sp³-hybridized carbons (Fsp3) is 0.375. The molecular weight excluding hydrogens is 474 g/mol. The SMILES string of the molecule is N=C(N)c1ccc(OC(=O)c2ccc(CN3CCC[C@H]3C(=O)C[C@H](CCC(=O)O)C(=O)O)s2)cc1. The largest absolute Gasteiger partial charge is 0.481 e. The predicted molar refractivity (Wildman–Crippen MR) is 128 cm³/mol. The van der Waals surface area contributed by atoms with Crippen LogP contribution in [0.1, 0.15) is 52.2 Å². The number of ether oxygens (including phenoxy) is 1. The molecule has 0 saturated carbocycles. The molecule has 1 aliphatic heterocycles. The van der Waals surface area contributed by atoms with Gasteiger partial charge in [-0.2, -0.15) is 0 Å². The number of Topliss-reactive ketones (excluding diaryl/α,β-unsaturated/α-hetero) is 1. The number of hydrogen-bond acceptors (Lipinski definition) is 8. The average Bonchev–Trinajstić information content (AvgIpc) is 3.46. The van der Waals surface area contributed by atoms with Crippen LogP contribution >= 0.6 is 11.3 Å². The fourth-order valence-corrected chi connectivity index (χ4v) is 4.91. The smallest absolute Gasteiger partial charge is 0.353 e. The number of carboxylic acid groups (broad SMARTS) is 2. The van der Waals surface area contributed by atoms with Gasteiger partial charge >= 0.3 is 17.9 Å². The zero-order chi connectivity index (χ0) is 25.5. The summed E-state index contributed by atoms with van der Waals surface area (Å²) in [6.07, 6.45) is 0.819. The number of ketones is 1. The number of nitrogen functional groups attached to an aromatic ring is 1. The Balaban J connectivity index is 1.58. The van der Waals surface area contributed by atoms with Crippen LogP contribution in [-0.4, -0.2) is 57.2 Å². The summed E-state index contributed by atoms with van der Waals surface area (Å²) >= 11 is 1.26. The molecule has 1 aromatic heterocycles. The maximum atomic E-state index is 12.8. The summed E-state index contributed by atoms with van der Waals surface area (Å²) in [5.74, 6) is -3.75. The Labute approximate surface area is 205 Å². The second-order valence-electron chi connectivity index (χ2n) is 8.36. The lowest BCUT2D eigenvalue weighted by molar-refractivity contribution is -0.145. The van der Waals surface area contributed by atoms with Gasteiger partial charge in [0.1, 0.15) is 16.5 Å². The van der Waals surface area contributed by atoms with Gasteiger partial charge in [-0.15, -0.1) is 11.3 Å². The van der Waals surface area contributed by atoms with Crippen molar-refractivity contribution >= 4 is 40.9 Å². The monoisotopic (exact) mass is 501 g/mol. The van der Waals surface area contributed by atoms with Gasteiger partial charge in [-0.25, -0.2) is 4.79 Å². The third-order valence-electron chi connectivity index (χ3n) is 5.84. The van der Waals surface area contributed by atoms with E-state index < -0.39 is 29.9 Å². The summed E-state index contributed by atoms with van der Waals surface area (Å²) in [6.45, 7) is 1.11. The van der Waals surface area contributed by atoms with E-state index in [4.69, 9.17) is 21.0 Å². The Kier molecular flexibility index (Phi) is 8.72. The molecule has 0 spiro atoms. The summed E-state index contributed by atoms with van der Waals surface area (Å²) < 4.78 is 5.38. The van der Waals surface area contributed by atoms with Gasteiger partial charge in [0, 0.05) is 29.8 Å². The lowest BCUT2D eigenvalue weighted by atomic mass is 9.93. The van der Waals surface area contributed by atoms with Crippen LogP contribution in [0.3, 0.4) is 0 Å². The number of amidine groups is 1. The van der Waals surface area contributed by atoms with E-state index in [0.717, 1.165) is 11.3 Å². The molecule has 35 heavy (non-hydrogen) atoms. The molecule has 186 valence electrons. The van der Waals surface area contributed by atoms with Crippen molar-refractivity contribution in [1.82, 2.24) is 4.90 Å². The molecule has 3 rings (SSSR count). The van der Waals surface area contributed by atoms with Crippen molar-refractivity contribution < 1.29 is 34.1 Å². The number of hydrogen-bond donors (Lipinski definition) is 4. The van der Waals surface area contributed by atoms with Crippen molar-refractivity contribution in [2.24, 2.45) is 11.7 Å². The average molecular weight is 502 g/mol. The highest BCUT2D eigenvalue weighted by molar-refractivity contribution is 7.13. The van der Waals surface area contributed by atoms with Crippen molar-refractivity contribution in [3.63, 3.8) is 0 Å². The van der Waals surface area contributed by atoms with Gasteiger partial charge < -0.3 is 20.7 Å². The van der Waals surface area contributed by atoms with Crippen LogP contribution in [0, 0.1) is 11.3 Å². The minimum absolute atomic E-state index is 0.0804. The third kappa shape index (κ3) is 7.20. The fourth-order valence-electron chi connectivity index (χ4n) is 4.00. The molecule has 0 aliphatic carbocycles. The van der Waals surface area contributed by atoms with Gasteiger partial charge in [0.15, 0.2) is 5.78 Å². The van der Waals surface area contributed by atoms with Gasteiger partial charge in [0.05, 0.1) is 12.0 Å². The van der Waals surface area contributed by atoms with Crippen LogP contribution in [0.2, 0.25) is 0 Å². The molecule has 0 radical (unpaired) electrons. The molecule has 0 unspecified atom stereocenters. The first kappa shape index (κ1) is 26.0. The molecule has 1 fully saturated rings. The van der Waals surface area contributed by atoms with Crippen LogP contribution < -0.4 is 10.5 Å². The first-order chi connectivity index (χ1) is 16.6. The summed E-state index contributed by atoms with van der Waals surface area (Å²) in [5, 5.41) is 25.6. The Bertz CT molecular complexity index is 1110. The summed E-state index contributed by atoms with van der Waals surface area (Å²) in [5.41, 5.74) is 5.94. The number of likely N-dealkylation sites (tertiary alicyclic amines) is 1. The Morgan fingerprint density at radius 1 is 1.14 bits per heavy atom. The van der Waals surface area contributed by atoms with E-state index in [2.05, 4.69) is 0 Å². The number of nitrogens with one attached hydrogen (secondary N) is 1. The number of benzene rings is 1. The van der Waals surface area contributed by atoms with E-state index in [1.165, 1.54) is 11.3 Å². The van der Waals surface area contributed by atoms with Gasteiger partial charge in [-0.1, -0.05) is 0 Å². The van der Waals surface area contributed by atoms with Crippen molar-refractivity contribution in [3.8, 4) is 5.75 Å². The number of carbonyl (C=O) groups excluding carboxylic acids is 2. The summed E-state index contributed by atoms with van der Waals surface area (Å²) in [6, 6.07) is 9.32. The molecule has 2 atom stereocenters. The molecule has 2 heterocycles. The highest BCUT2D eigenvalue weighted by atomic mass is 32.1. The normalized spacial score (nSPS) is 16.5. The zero-order valence-corrected chi connectivity index (χ0v) is 19.8. The minimum Gasteiger partial charge on any atom is -0.481 e. The predicted octanol–water partition coefficient (Wildman–Crippen LogP) is 2.74. The van der Waals surface area contributed by atoms with Crippen molar-refractivity contribution in [2.75, 3.05) is 6.54 Å². The topological polar surface area (TPSA) is 171 Å². The number of nitrogens with two attached hydrogens (primary N) is 1. The maximum absolute atomic E-state index is 12.8. The van der Waals surface area contributed by atoms with Crippen LogP contribution in [-0.2, 0) is 20.9 Å². The highest BCUT2D eigenvalue weighted by Crippen LogP contribution is 2.27. The molecule has 5 N–H and O–H groups in total.